The monoisotopic (exact) mass is 722 g/mol. The van der Waals surface area contributed by atoms with Gasteiger partial charge < -0.3 is 29.7 Å². The second-order valence-corrected chi connectivity index (χ2v) is 12.1. The van der Waals surface area contributed by atoms with Crippen LogP contribution in [0.2, 0.25) is 0 Å². The average Bonchev–Trinajstić information content (AvgIpc) is 3.09. The molecule has 0 aliphatic carbocycles. The van der Waals surface area contributed by atoms with Crippen LogP contribution in [0.4, 0.5) is 17.1 Å². The zero-order chi connectivity index (χ0) is 32.7. The van der Waals surface area contributed by atoms with Gasteiger partial charge in [-0.25, -0.2) is 0 Å². The van der Waals surface area contributed by atoms with E-state index in [0.29, 0.717) is 55.5 Å². The summed E-state index contributed by atoms with van der Waals surface area (Å²) >= 11 is 0. The molecule has 2 heterocycles. The fourth-order valence-electron chi connectivity index (χ4n) is 5.41. The third-order valence-electron chi connectivity index (χ3n) is 8.17. The van der Waals surface area contributed by atoms with E-state index in [0.717, 1.165) is 29.8 Å². The quantitative estimate of drug-likeness (QED) is 0.180. The van der Waals surface area contributed by atoms with Crippen LogP contribution >= 0.6 is 37.2 Å². The topological polar surface area (TPSA) is 98.3 Å². The molecule has 0 bridgehead atoms. The number of aryl methyl sites for hydroxylation is 1. The van der Waals surface area contributed by atoms with Gasteiger partial charge in [-0.05, 0) is 81.6 Å². The molecule has 1 aromatic heterocycles. The van der Waals surface area contributed by atoms with E-state index in [1.807, 2.05) is 87.7 Å². The molecule has 1 aliphatic rings. The Bertz CT molecular complexity index is 1540. The largest absolute Gasteiger partial charge is 0.494 e. The summed E-state index contributed by atoms with van der Waals surface area (Å²) in [4.78, 5) is 50.5. The first-order valence-corrected chi connectivity index (χ1v) is 15.5. The Morgan fingerprint density at radius 2 is 1.69 bits per heavy atom. The first-order chi connectivity index (χ1) is 21.4. The predicted octanol–water partition coefficient (Wildman–Crippen LogP) is 5.64. The lowest BCUT2D eigenvalue weighted by atomic mass is 9.90. The number of nitrogens with one attached hydrogen (secondary N) is 1. The van der Waals surface area contributed by atoms with Gasteiger partial charge in [0.15, 0.2) is 0 Å². The molecular weight excluding hydrogens is 675 g/mol. The molecule has 0 saturated carbocycles. The van der Waals surface area contributed by atoms with Crippen molar-refractivity contribution in [2.75, 3.05) is 69.1 Å². The lowest BCUT2D eigenvalue weighted by Crippen LogP contribution is -2.47. The molecule has 0 atom stereocenters. The molecule has 13 heteroatoms. The number of likely N-dealkylation sites (N-methyl/N-ethyl adjacent to an activating group) is 1. The molecule has 264 valence electrons. The highest BCUT2D eigenvalue weighted by Gasteiger charge is 2.45. The molecule has 1 aliphatic heterocycles. The van der Waals surface area contributed by atoms with Crippen LogP contribution in [0.25, 0.3) is 0 Å². The van der Waals surface area contributed by atoms with E-state index in [4.69, 9.17) is 4.74 Å². The molecule has 1 N–H and O–H groups in total. The summed E-state index contributed by atoms with van der Waals surface area (Å²) in [5, 5.41) is 3.43. The van der Waals surface area contributed by atoms with E-state index in [9.17, 15) is 14.4 Å². The van der Waals surface area contributed by atoms with Crippen LogP contribution < -0.4 is 24.8 Å². The van der Waals surface area contributed by atoms with Crippen LogP contribution in [0.5, 0.6) is 5.75 Å². The fraction of sp³-hybridized carbons (Fsp3) is 0.429. The maximum absolute atomic E-state index is 13.1. The first-order valence-electron chi connectivity index (χ1n) is 15.5. The van der Waals surface area contributed by atoms with Crippen molar-refractivity contribution in [3.8, 4) is 5.75 Å². The summed E-state index contributed by atoms with van der Waals surface area (Å²) in [6, 6.07) is 17.3. The minimum absolute atomic E-state index is 0. The maximum Gasteiger partial charge on any atom is 0.253 e. The molecule has 3 amide bonds. The molecule has 0 unspecified atom stereocenters. The van der Waals surface area contributed by atoms with Gasteiger partial charge in [-0.1, -0.05) is 6.07 Å². The normalized spacial score (nSPS) is 13.3. The van der Waals surface area contributed by atoms with Gasteiger partial charge in [-0.3, -0.25) is 19.4 Å². The van der Waals surface area contributed by atoms with Gasteiger partial charge in [0.05, 0.1) is 18.0 Å². The number of benzene rings is 2. The van der Waals surface area contributed by atoms with E-state index in [1.54, 1.807) is 35.6 Å². The minimum atomic E-state index is -1.14. The molecule has 10 nitrogen and oxygen atoms in total. The second-order valence-electron chi connectivity index (χ2n) is 12.1. The zero-order valence-corrected chi connectivity index (χ0v) is 31.3. The molecule has 0 spiro atoms. The Labute approximate surface area is 303 Å². The van der Waals surface area contributed by atoms with Crippen LogP contribution in [0.1, 0.15) is 48.8 Å². The summed E-state index contributed by atoms with van der Waals surface area (Å²) in [7, 11) is 7.45. The lowest BCUT2D eigenvalue weighted by Gasteiger charge is -2.27. The van der Waals surface area contributed by atoms with Crippen molar-refractivity contribution in [1.29, 1.82) is 0 Å². The number of fused-ring (bicyclic) bond motifs is 1. The van der Waals surface area contributed by atoms with Crippen LogP contribution in [-0.2, 0) is 22.6 Å². The lowest BCUT2D eigenvalue weighted by molar-refractivity contribution is -0.137. The van der Waals surface area contributed by atoms with Gasteiger partial charge in [-0.2, -0.15) is 0 Å². The SMILES string of the molecule is CCN1C(=O)C(C)(C)C(=O)N(C)c2cc(OCCCc3cc(CNCCN(C)C(=O)c4cccc(N(C)C)c4)ccn3)ccc21.Cl.Cl.Cl. The number of nitrogens with zero attached hydrogens (tertiary/aromatic N) is 5. The number of aromatic nitrogens is 1. The number of anilines is 3. The Balaban J connectivity index is 0.00000384. The zero-order valence-electron chi connectivity index (χ0n) is 28.8. The first kappa shape index (κ1) is 42.5. The predicted molar refractivity (Wildman–Crippen MR) is 201 cm³/mol. The molecule has 0 fully saturated rings. The smallest absolute Gasteiger partial charge is 0.253 e. The van der Waals surface area contributed by atoms with E-state index in [-0.39, 0.29) is 54.9 Å². The van der Waals surface area contributed by atoms with Gasteiger partial charge in [-0.15, -0.1) is 37.2 Å². The van der Waals surface area contributed by atoms with Crippen molar-refractivity contribution in [2.24, 2.45) is 5.41 Å². The van der Waals surface area contributed by atoms with E-state index in [2.05, 4.69) is 16.4 Å². The van der Waals surface area contributed by atoms with Gasteiger partial charge in [0.25, 0.3) is 5.91 Å². The highest BCUT2D eigenvalue weighted by Crippen LogP contribution is 2.40. The van der Waals surface area contributed by atoms with Crippen molar-refractivity contribution >= 4 is 72.0 Å². The standard InChI is InChI=1S/C35H46N6O4.3ClH/c1-8-41-30-15-14-29(23-31(30)40(7)33(43)35(2,3)34(41)44)45-20-10-12-27-21-25(16-17-37-27)24-36-18-19-39(6)32(42)26-11-9-13-28(22-26)38(4)5;;;/h9,11,13-17,21-23,36H,8,10,12,18-20,24H2,1-7H3;3*1H. The van der Waals surface area contributed by atoms with Crippen molar-refractivity contribution in [2.45, 2.75) is 40.2 Å². The van der Waals surface area contributed by atoms with Crippen molar-refractivity contribution in [3.63, 3.8) is 0 Å². The number of pyridine rings is 1. The van der Waals surface area contributed by atoms with E-state index in [1.165, 1.54) is 0 Å². The molecule has 2 aromatic carbocycles. The van der Waals surface area contributed by atoms with E-state index < -0.39 is 5.41 Å². The Kier molecular flexibility index (Phi) is 16.7. The van der Waals surface area contributed by atoms with Gasteiger partial charge in [0, 0.05) is 83.6 Å². The number of ether oxygens (including phenoxy) is 1. The van der Waals surface area contributed by atoms with Gasteiger partial charge in [0.1, 0.15) is 11.2 Å². The Hall–Kier alpha value is -3.57. The number of hydrogen-bond acceptors (Lipinski definition) is 7. The Morgan fingerprint density at radius 1 is 0.958 bits per heavy atom. The molecule has 4 rings (SSSR count). The second kappa shape index (κ2) is 18.8. The van der Waals surface area contributed by atoms with Crippen LogP contribution in [0.15, 0.2) is 60.8 Å². The summed E-state index contributed by atoms with van der Waals surface area (Å²) < 4.78 is 6.05. The third kappa shape index (κ3) is 9.98. The van der Waals surface area contributed by atoms with Crippen molar-refractivity contribution in [1.82, 2.24) is 15.2 Å². The number of amides is 3. The molecular formula is C35H49Cl3N6O4. The molecule has 0 radical (unpaired) electrons. The Morgan fingerprint density at radius 3 is 2.38 bits per heavy atom. The summed E-state index contributed by atoms with van der Waals surface area (Å²) in [5.41, 5.74) is 4.02. The molecule has 3 aromatic rings. The van der Waals surface area contributed by atoms with Crippen LogP contribution in [0.3, 0.4) is 0 Å². The summed E-state index contributed by atoms with van der Waals surface area (Å²) in [6.07, 6.45) is 3.35. The fourth-order valence-corrected chi connectivity index (χ4v) is 5.41. The highest BCUT2D eigenvalue weighted by molar-refractivity contribution is 6.20. The van der Waals surface area contributed by atoms with Crippen LogP contribution in [-0.4, -0.2) is 82.0 Å². The number of hydrogen-bond donors (Lipinski definition) is 1. The number of carbonyl (C=O) groups is 3. The van der Waals surface area contributed by atoms with Crippen LogP contribution in [0, 0.1) is 5.41 Å². The van der Waals surface area contributed by atoms with Gasteiger partial charge >= 0.3 is 0 Å². The summed E-state index contributed by atoms with van der Waals surface area (Å²) in [6.45, 7) is 8.16. The minimum Gasteiger partial charge on any atom is -0.494 e. The van der Waals surface area contributed by atoms with Crippen molar-refractivity contribution in [3.05, 3.63) is 77.6 Å². The van der Waals surface area contributed by atoms with Crippen molar-refractivity contribution < 1.29 is 19.1 Å². The van der Waals surface area contributed by atoms with Gasteiger partial charge in [0.2, 0.25) is 11.8 Å². The number of rotatable bonds is 13. The number of carbonyl (C=O) groups excluding carboxylic acids is 3. The maximum atomic E-state index is 13.1. The average molecular weight is 724 g/mol. The third-order valence-corrected chi connectivity index (χ3v) is 8.17. The molecule has 48 heavy (non-hydrogen) atoms. The van der Waals surface area contributed by atoms with E-state index >= 15 is 0 Å². The highest BCUT2D eigenvalue weighted by atomic mass is 35.5. The molecule has 0 saturated heterocycles. The summed E-state index contributed by atoms with van der Waals surface area (Å²) in [5.74, 6) is 0.205. The number of halogens is 3.